The minimum Gasteiger partial charge on any atom is -0.492 e. The first-order valence-corrected chi connectivity index (χ1v) is 10.8. The van der Waals surface area contributed by atoms with Gasteiger partial charge in [0.1, 0.15) is 17.9 Å². The summed E-state index contributed by atoms with van der Waals surface area (Å²) in [7, 11) is 0. The minimum atomic E-state index is -0.962. The molecule has 1 aliphatic rings. The molecule has 1 atom stereocenters. The van der Waals surface area contributed by atoms with E-state index >= 15 is 0 Å². The van der Waals surface area contributed by atoms with Crippen molar-refractivity contribution in [2.45, 2.75) is 38.2 Å². The molecule has 168 valence electrons. The molecule has 1 saturated carbocycles. The summed E-state index contributed by atoms with van der Waals surface area (Å²) in [5.74, 6) is 5.44. The van der Waals surface area contributed by atoms with Crippen molar-refractivity contribution in [3.05, 3.63) is 78.1 Å². The number of carboxylic acid groups (broad SMARTS) is 1. The van der Waals surface area contributed by atoms with E-state index in [-0.39, 0.29) is 25.0 Å². The summed E-state index contributed by atoms with van der Waals surface area (Å²) in [5.41, 5.74) is 2.01. The maximum atomic E-state index is 13.4. The molecule has 3 aromatic rings. The zero-order valence-electron chi connectivity index (χ0n) is 19.1. The standard InChI is InChI=1S/C27H25NO5/c29-26(30)10-2-1-5-17-32-25-8-4-3-7-22(25)19-28(23-15-16-23)27(31)21-13-11-20(12-14-21)24-9-6-18-33-24/h3-4,6-9,11-14,18,23H,5,10,15-17,19H2,(H,29,30)/i19D. The van der Waals surface area contributed by atoms with Gasteiger partial charge in [0.2, 0.25) is 0 Å². The van der Waals surface area contributed by atoms with E-state index in [0.29, 0.717) is 23.3 Å². The highest BCUT2D eigenvalue weighted by Gasteiger charge is 2.33. The number of hydrogen-bond acceptors (Lipinski definition) is 4. The number of hydrogen-bond donors (Lipinski definition) is 1. The Kier molecular flexibility index (Phi) is 6.69. The van der Waals surface area contributed by atoms with Crippen LogP contribution in [0.3, 0.4) is 0 Å². The minimum absolute atomic E-state index is 0.0229. The Morgan fingerprint density at radius 1 is 1.09 bits per heavy atom. The second kappa shape index (κ2) is 10.6. The van der Waals surface area contributed by atoms with E-state index in [9.17, 15) is 9.59 Å². The smallest absolute Gasteiger partial charge is 0.315 e. The molecule has 4 rings (SSSR count). The van der Waals surface area contributed by atoms with Crippen molar-refractivity contribution in [3.63, 3.8) is 0 Å². The van der Waals surface area contributed by atoms with Gasteiger partial charge in [-0.15, -0.1) is 0 Å². The number of rotatable bonds is 9. The summed E-state index contributed by atoms with van der Waals surface area (Å²) in [5, 5.41) is 8.64. The number of aliphatic carboxylic acids is 1. The van der Waals surface area contributed by atoms with Crippen LogP contribution >= 0.6 is 0 Å². The molecule has 0 aliphatic heterocycles. The number of benzene rings is 2. The normalized spacial score (nSPS) is 13.9. The monoisotopic (exact) mass is 444 g/mol. The van der Waals surface area contributed by atoms with E-state index in [1.54, 1.807) is 35.4 Å². The third kappa shape index (κ3) is 6.05. The first-order valence-electron chi connectivity index (χ1n) is 11.4. The average molecular weight is 445 g/mol. The highest BCUT2D eigenvalue weighted by molar-refractivity contribution is 5.95. The second-order valence-electron chi connectivity index (χ2n) is 7.69. The molecular weight excluding hydrogens is 418 g/mol. The summed E-state index contributed by atoms with van der Waals surface area (Å²) in [4.78, 5) is 25.6. The predicted octanol–water partition coefficient (Wildman–Crippen LogP) is 5.00. The van der Waals surface area contributed by atoms with Crippen molar-refractivity contribution in [1.82, 2.24) is 4.90 Å². The quantitative estimate of drug-likeness (QED) is 0.371. The number of amides is 1. The Hall–Kier alpha value is -3.98. The number of para-hydroxylation sites is 1. The van der Waals surface area contributed by atoms with E-state index < -0.39 is 12.5 Å². The highest BCUT2D eigenvalue weighted by Crippen LogP contribution is 2.32. The molecule has 1 aliphatic carbocycles. The summed E-state index contributed by atoms with van der Waals surface area (Å²) >= 11 is 0. The van der Waals surface area contributed by atoms with Crippen molar-refractivity contribution in [1.29, 1.82) is 0 Å². The molecule has 0 saturated heterocycles. The lowest BCUT2D eigenvalue weighted by Crippen LogP contribution is -2.32. The van der Waals surface area contributed by atoms with Crippen molar-refractivity contribution in [3.8, 4) is 28.9 Å². The Bertz CT molecular complexity index is 1190. The van der Waals surface area contributed by atoms with Gasteiger partial charge < -0.3 is 19.2 Å². The molecule has 0 spiro atoms. The lowest BCUT2D eigenvalue weighted by Gasteiger charge is -2.24. The molecule has 6 nitrogen and oxygen atoms in total. The van der Waals surface area contributed by atoms with Gasteiger partial charge in [-0.05, 0) is 43.2 Å². The zero-order valence-corrected chi connectivity index (χ0v) is 18.1. The van der Waals surface area contributed by atoms with Crippen molar-refractivity contribution < 1.29 is 25.2 Å². The van der Waals surface area contributed by atoms with Gasteiger partial charge in [-0.1, -0.05) is 42.2 Å². The molecule has 1 fully saturated rings. The molecule has 6 heteroatoms. The number of nitrogens with zero attached hydrogens (tertiary/aromatic N) is 1. The fraction of sp³-hybridized carbons (Fsp3) is 0.259. The zero-order chi connectivity index (χ0) is 23.9. The lowest BCUT2D eigenvalue weighted by atomic mass is 10.1. The van der Waals surface area contributed by atoms with Crippen LogP contribution in [0.15, 0.2) is 71.3 Å². The largest absolute Gasteiger partial charge is 0.492 e. The first kappa shape index (κ1) is 20.9. The fourth-order valence-corrected chi connectivity index (χ4v) is 3.36. The summed E-state index contributed by atoms with van der Waals surface area (Å²) in [6.07, 6.45) is 3.52. The van der Waals surface area contributed by atoms with Gasteiger partial charge in [-0.2, -0.15) is 0 Å². The molecule has 33 heavy (non-hydrogen) atoms. The molecule has 1 N–H and O–H groups in total. The van der Waals surface area contributed by atoms with Gasteiger partial charge >= 0.3 is 5.97 Å². The number of furan rings is 1. The summed E-state index contributed by atoms with van der Waals surface area (Å²) in [6.45, 7) is -0.652. The van der Waals surface area contributed by atoms with Crippen LogP contribution in [0.1, 0.15) is 43.0 Å². The van der Waals surface area contributed by atoms with E-state index in [4.69, 9.17) is 15.6 Å². The van der Waals surface area contributed by atoms with E-state index in [1.807, 2.05) is 36.4 Å². The van der Waals surface area contributed by atoms with Crippen molar-refractivity contribution in [2.75, 3.05) is 6.61 Å². The molecule has 1 amide bonds. The number of carboxylic acids is 1. The molecular formula is C27H25NO5. The Morgan fingerprint density at radius 3 is 2.58 bits per heavy atom. The summed E-state index contributed by atoms with van der Waals surface area (Å²) in [6, 6.07) is 18.1. The molecule has 0 bridgehead atoms. The van der Waals surface area contributed by atoms with Crippen LogP contribution in [-0.4, -0.2) is 34.5 Å². The lowest BCUT2D eigenvalue weighted by molar-refractivity contribution is -0.135. The van der Waals surface area contributed by atoms with Crippen LogP contribution in [0, 0.1) is 11.8 Å². The number of ether oxygens (including phenoxy) is 1. The van der Waals surface area contributed by atoms with Crippen molar-refractivity contribution >= 4 is 11.9 Å². The van der Waals surface area contributed by atoms with Crippen LogP contribution in [0.4, 0.5) is 0 Å². The molecule has 1 aromatic heterocycles. The van der Waals surface area contributed by atoms with Crippen molar-refractivity contribution in [2.24, 2.45) is 0 Å². The van der Waals surface area contributed by atoms with Gasteiger partial charge in [-0.3, -0.25) is 9.59 Å². The van der Waals surface area contributed by atoms with Crippen LogP contribution in [0.25, 0.3) is 11.3 Å². The Balaban J connectivity index is 1.48. The molecule has 2 aromatic carbocycles. The van der Waals surface area contributed by atoms with Crippen LogP contribution in [-0.2, 0) is 11.3 Å². The van der Waals surface area contributed by atoms with Gasteiger partial charge in [0.25, 0.3) is 5.91 Å². The SMILES string of the molecule is [2H]C(c1ccccc1OCCC#CCC(=O)O)N(C(=O)c1ccc(-c2ccco2)cc1)C1CC1. The third-order valence-electron chi connectivity index (χ3n) is 5.16. The van der Waals surface area contributed by atoms with Crippen LogP contribution in [0.2, 0.25) is 0 Å². The second-order valence-corrected chi connectivity index (χ2v) is 7.69. The van der Waals surface area contributed by atoms with Gasteiger partial charge in [0, 0.05) is 35.7 Å². The van der Waals surface area contributed by atoms with Gasteiger partial charge in [0.15, 0.2) is 0 Å². The van der Waals surface area contributed by atoms with Gasteiger partial charge in [-0.25, -0.2) is 0 Å². The fourth-order valence-electron chi connectivity index (χ4n) is 3.36. The number of carbonyl (C=O) groups excluding carboxylic acids is 1. The molecule has 1 unspecified atom stereocenters. The van der Waals surface area contributed by atoms with E-state index in [2.05, 4.69) is 11.8 Å². The van der Waals surface area contributed by atoms with Crippen LogP contribution < -0.4 is 4.74 Å². The van der Waals surface area contributed by atoms with Crippen LogP contribution in [0.5, 0.6) is 5.75 Å². The Labute approximate surface area is 194 Å². The third-order valence-corrected chi connectivity index (χ3v) is 5.16. The maximum Gasteiger partial charge on any atom is 0.315 e. The highest BCUT2D eigenvalue weighted by atomic mass is 16.5. The Morgan fingerprint density at radius 2 is 1.88 bits per heavy atom. The number of carbonyl (C=O) groups is 2. The molecule has 1 heterocycles. The van der Waals surface area contributed by atoms with E-state index in [1.165, 1.54) is 0 Å². The topological polar surface area (TPSA) is 80.0 Å². The summed E-state index contributed by atoms with van der Waals surface area (Å²) < 4.78 is 20.2. The molecule has 0 radical (unpaired) electrons. The predicted molar refractivity (Wildman–Crippen MR) is 124 cm³/mol. The van der Waals surface area contributed by atoms with Gasteiger partial charge in [0.05, 0.1) is 14.2 Å². The average Bonchev–Trinajstić information content (AvgIpc) is 3.52. The first-order chi connectivity index (χ1) is 16.5. The van der Waals surface area contributed by atoms with E-state index in [0.717, 1.165) is 24.2 Å². The maximum absolute atomic E-state index is 13.4.